The van der Waals surface area contributed by atoms with Crippen LogP contribution in [0.2, 0.25) is 5.02 Å². The van der Waals surface area contributed by atoms with Crippen LogP contribution in [0.3, 0.4) is 0 Å². The summed E-state index contributed by atoms with van der Waals surface area (Å²) in [6.45, 7) is 3.68. The number of rotatable bonds is 5. The monoisotopic (exact) mass is 381 g/mol. The predicted molar refractivity (Wildman–Crippen MR) is 108 cm³/mol. The van der Waals surface area contributed by atoms with Gasteiger partial charge in [0.05, 0.1) is 5.69 Å². The van der Waals surface area contributed by atoms with Gasteiger partial charge >= 0.3 is 0 Å². The van der Waals surface area contributed by atoms with Crippen LogP contribution < -0.4 is 10.9 Å². The van der Waals surface area contributed by atoms with Gasteiger partial charge in [-0.1, -0.05) is 54.9 Å². The van der Waals surface area contributed by atoms with Crippen molar-refractivity contribution in [2.75, 3.05) is 5.32 Å². The molecule has 2 aromatic carbocycles. The number of nitrogens with zero attached hydrogens (tertiary/aromatic N) is 2. The van der Waals surface area contributed by atoms with Gasteiger partial charge in [0, 0.05) is 22.3 Å². The van der Waals surface area contributed by atoms with Crippen LogP contribution in [0.4, 0.5) is 5.69 Å². The zero-order valence-electron chi connectivity index (χ0n) is 15.1. The fourth-order valence-electron chi connectivity index (χ4n) is 2.84. The van der Waals surface area contributed by atoms with Crippen LogP contribution in [-0.4, -0.2) is 15.7 Å². The van der Waals surface area contributed by atoms with Crippen LogP contribution in [0, 0.1) is 6.92 Å². The smallest absolute Gasteiger partial charge is 0.267 e. The third-order valence-corrected chi connectivity index (χ3v) is 4.81. The number of amides is 1. The van der Waals surface area contributed by atoms with E-state index in [0.29, 0.717) is 22.8 Å². The minimum Gasteiger partial charge on any atom is -0.324 e. The van der Waals surface area contributed by atoms with E-state index in [1.807, 2.05) is 44.2 Å². The number of benzene rings is 2. The molecule has 3 aromatic rings. The van der Waals surface area contributed by atoms with E-state index < -0.39 is 6.04 Å². The second kappa shape index (κ2) is 8.18. The van der Waals surface area contributed by atoms with E-state index in [2.05, 4.69) is 10.4 Å². The van der Waals surface area contributed by atoms with Crippen LogP contribution >= 0.6 is 11.6 Å². The third-order valence-electron chi connectivity index (χ3n) is 4.40. The first-order chi connectivity index (χ1) is 13.0. The number of hydrogen-bond acceptors (Lipinski definition) is 3. The summed E-state index contributed by atoms with van der Waals surface area (Å²) in [4.78, 5) is 25.2. The van der Waals surface area contributed by atoms with Crippen molar-refractivity contribution in [3.05, 3.63) is 81.6 Å². The number of anilines is 1. The highest BCUT2D eigenvalue weighted by atomic mass is 35.5. The Morgan fingerprint density at radius 3 is 2.56 bits per heavy atom. The number of carbonyl (C=O) groups excluding carboxylic acids is 1. The van der Waals surface area contributed by atoms with Crippen molar-refractivity contribution in [1.82, 2.24) is 9.78 Å². The van der Waals surface area contributed by atoms with E-state index in [1.165, 1.54) is 10.7 Å². The molecule has 0 spiro atoms. The molecule has 1 amide bonds. The standard InChI is InChI=1S/C21H20ClN3O2/c1-3-19(21(27)23-17-11-7-10-16(22)14(17)2)25-20(26)13-12-18(24-25)15-8-5-4-6-9-15/h4-13,19H,3H2,1-2H3,(H,23,27)/t19-/m1/s1. The maximum Gasteiger partial charge on any atom is 0.267 e. The number of aromatic nitrogens is 2. The molecular formula is C21H20ClN3O2. The minimum absolute atomic E-state index is 0.303. The van der Waals surface area contributed by atoms with Crippen LogP contribution in [-0.2, 0) is 4.79 Å². The number of nitrogens with one attached hydrogen (secondary N) is 1. The minimum atomic E-state index is -0.723. The van der Waals surface area contributed by atoms with Crippen molar-refractivity contribution < 1.29 is 4.79 Å². The van der Waals surface area contributed by atoms with Crippen LogP contribution in [0.1, 0.15) is 24.9 Å². The number of hydrogen-bond donors (Lipinski definition) is 1. The molecule has 0 aliphatic carbocycles. The lowest BCUT2D eigenvalue weighted by Gasteiger charge is -2.18. The van der Waals surface area contributed by atoms with Gasteiger partial charge in [0.2, 0.25) is 5.91 Å². The molecule has 3 rings (SSSR count). The van der Waals surface area contributed by atoms with E-state index >= 15 is 0 Å². The second-order valence-electron chi connectivity index (χ2n) is 6.19. The fraction of sp³-hybridized carbons (Fsp3) is 0.190. The van der Waals surface area contributed by atoms with Crippen molar-refractivity contribution in [3.63, 3.8) is 0 Å². The molecule has 6 heteroatoms. The van der Waals surface area contributed by atoms with Gasteiger partial charge in [-0.05, 0) is 37.1 Å². The molecule has 0 aliphatic rings. The van der Waals surface area contributed by atoms with Crippen molar-refractivity contribution >= 4 is 23.2 Å². The summed E-state index contributed by atoms with van der Waals surface area (Å²) < 4.78 is 1.25. The lowest BCUT2D eigenvalue weighted by molar-refractivity contribution is -0.119. The maximum atomic E-state index is 12.9. The molecule has 0 aliphatic heterocycles. The van der Waals surface area contributed by atoms with E-state index in [0.717, 1.165) is 11.1 Å². The van der Waals surface area contributed by atoms with Gasteiger partial charge in [0.15, 0.2) is 0 Å². The van der Waals surface area contributed by atoms with Gasteiger partial charge in [0.1, 0.15) is 6.04 Å². The second-order valence-corrected chi connectivity index (χ2v) is 6.60. The highest BCUT2D eigenvalue weighted by Gasteiger charge is 2.22. The van der Waals surface area contributed by atoms with Crippen molar-refractivity contribution in [2.24, 2.45) is 0 Å². The summed E-state index contributed by atoms with van der Waals surface area (Å²) in [6, 6.07) is 17.2. The van der Waals surface area contributed by atoms with Crippen LogP contribution in [0.25, 0.3) is 11.3 Å². The van der Waals surface area contributed by atoms with Crippen molar-refractivity contribution in [2.45, 2.75) is 26.3 Å². The molecule has 1 heterocycles. The lowest BCUT2D eigenvalue weighted by Crippen LogP contribution is -2.34. The molecule has 0 unspecified atom stereocenters. The van der Waals surface area contributed by atoms with Gasteiger partial charge in [-0.25, -0.2) is 4.68 Å². The highest BCUT2D eigenvalue weighted by Crippen LogP contribution is 2.24. The Kier molecular flexibility index (Phi) is 5.72. The summed E-state index contributed by atoms with van der Waals surface area (Å²) >= 11 is 6.12. The Morgan fingerprint density at radius 2 is 1.85 bits per heavy atom. The van der Waals surface area contributed by atoms with Gasteiger partial charge in [-0.2, -0.15) is 5.10 Å². The van der Waals surface area contributed by atoms with Crippen LogP contribution in [0.5, 0.6) is 0 Å². The van der Waals surface area contributed by atoms with E-state index in [9.17, 15) is 9.59 Å². The molecule has 0 radical (unpaired) electrons. The van der Waals surface area contributed by atoms with Gasteiger partial charge < -0.3 is 5.32 Å². The Morgan fingerprint density at radius 1 is 1.11 bits per heavy atom. The molecule has 0 fully saturated rings. The Bertz CT molecular complexity index is 1020. The molecule has 0 bridgehead atoms. The molecule has 1 aromatic heterocycles. The summed E-state index contributed by atoms with van der Waals surface area (Å²) in [5.41, 5.74) is 2.60. The SMILES string of the molecule is CC[C@H](C(=O)Nc1cccc(Cl)c1C)n1nc(-c2ccccc2)ccc1=O. The molecule has 5 nitrogen and oxygen atoms in total. The van der Waals surface area contributed by atoms with E-state index in [1.54, 1.807) is 24.3 Å². The molecular weight excluding hydrogens is 362 g/mol. The first-order valence-electron chi connectivity index (χ1n) is 8.72. The topological polar surface area (TPSA) is 64.0 Å². The van der Waals surface area contributed by atoms with Gasteiger partial charge in [0.25, 0.3) is 5.56 Å². The van der Waals surface area contributed by atoms with Crippen molar-refractivity contribution in [3.8, 4) is 11.3 Å². The Hall–Kier alpha value is -2.92. The quantitative estimate of drug-likeness (QED) is 0.709. The molecule has 1 N–H and O–H groups in total. The predicted octanol–water partition coefficient (Wildman–Crippen LogP) is 4.46. The summed E-state index contributed by atoms with van der Waals surface area (Å²) in [5.74, 6) is -0.303. The summed E-state index contributed by atoms with van der Waals surface area (Å²) in [5, 5.41) is 7.87. The average molecular weight is 382 g/mol. The molecule has 138 valence electrons. The first kappa shape index (κ1) is 18.9. The molecule has 0 saturated heterocycles. The highest BCUT2D eigenvalue weighted by molar-refractivity contribution is 6.31. The fourth-order valence-corrected chi connectivity index (χ4v) is 3.01. The largest absolute Gasteiger partial charge is 0.324 e. The first-order valence-corrected chi connectivity index (χ1v) is 9.10. The number of halogens is 1. The molecule has 27 heavy (non-hydrogen) atoms. The maximum absolute atomic E-state index is 12.9. The normalized spacial score (nSPS) is 11.8. The van der Waals surface area contributed by atoms with E-state index in [-0.39, 0.29) is 11.5 Å². The van der Waals surface area contributed by atoms with Gasteiger partial charge in [-0.15, -0.1) is 0 Å². The summed E-state index contributed by atoms with van der Waals surface area (Å²) in [6.07, 6.45) is 0.427. The van der Waals surface area contributed by atoms with Gasteiger partial charge in [-0.3, -0.25) is 9.59 Å². The Labute approximate surface area is 162 Å². The molecule has 0 saturated carbocycles. The number of carbonyl (C=O) groups is 1. The molecule has 1 atom stereocenters. The van der Waals surface area contributed by atoms with E-state index in [4.69, 9.17) is 11.6 Å². The van der Waals surface area contributed by atoms with Crippen molar-refractivity contribution in [1.29, 1.82) is 0 Å². The zero-order chi connectivity index (χ0) is 19.4. The zero-order valence-corrected chi connectivity index (χ0v) is 15.9. The third kappa shape index (κ3) is 4.09. The Balaban J connectivity index is 1.94. The lowest BCUT2D eigenvalue weighted by atomic mass is 10.1. The summed E-state index contributed by atoms with van der Waals surface area (Å²) in [7, 11) is 0. The van der Waals surface area contributed by atoms with Crippen LogP contribution in [0.15, 0.2) is 65.5 Å². The average Bonchev–Trinajstić information content (AvgIpc) is 2.68.